The van der Waals surface area contributed by atoms with Crippen molar-refractivity contribution in [3.63, 3.8) is 0 Å². The normalized spacial score (nSPS) is 22.8. The third-order valence-corrected chi connectivity index (χ3v) is 9.16. The maximum Gasteiger partial charge on any atom is 0.238 e. The highest BCUT2D eigenvalue weighted by Gasteiger charge is 2.73. The van der Waals surface area contributed by atoms with E-state index < -0.39 is 23.7 Å². The number of imide groups is 2. The lowest BCUT2D eigenvalue weighted by Crippen LogP contribution is -2.50. The molecule has 0 N–H and O–H groups in total. The van der Waals surface area contributed by atoms with Gasteiger partial charge in [-0.3, -0.25) is 29.0 Å². The number of nitrogens with zero attached hydrogens (tertiary/aromatic N) is 2. The van der Waals surface area contributed by atoms with E-state index in [0.717, 1.165) is 28.0 Å². The third kappa shape index (κ3) is 4.17. The first kappa shape index (κ1) is 26.1. The Morgan fingerprint density at radius 1 is 0.476 bits per heavy atom. The number of aryl methyl sites for hydroxylation is 1. The van der Waals surface area contributed by atoms with Gasteiger partial charge in [-0.05, 0) is 65.3 Å². The summed E-state index contributed by atoms with van der Waals surface area (Å²) < 4.78 is 0. The molecule has 2 heterocycles. The van der Waals surface area contributed by atoms with E-state index in [-0.39, 0.29) is 23.6 Å². The van der Waals surface area contributed by atoms with Gasteiger partial charge < -0.3 is 0 Å². The molecule has 2 aliphatic heterocycles. The Balaban J connectivity index is 1.000. The van der Waals surface area contributed by atoms with Crippen LogP contribution in [0.25, 0.3) is 11.1 Å². The van der Waals surface area contributed by atoms with E-state index in [1.165, 1.54) is 34.2 Å². The topological polar surface area (TPSA) is 74.8 Å². The van der Waals surface area contributed by atoms with Crippen molar-refractivity contribution in [2.75, 3.05) is 11.9 Å². The van der Waals surface area contributed by atoms with Crippen LogP contribution < -0.4 is 4.90 Å². The van der Waals surface area contributed by atoms with Gasteiger partial charge in [0.05, 0.1) is 29.4 Å². The number of hydrogen-bond acceptors (Lipinski definition) is 4. The second-order valence-electron chi connectivity index (χ2n) is 11.7. The molecule has 0 radical (unpaired) electrons. The van der Waals surface area contributed by atoms with Crippen LogP contribution in [-0.4, -0.2) is 35.6 Å². The van der Waals surface area contributed by atoms with Crippen molar-refractivity contribution in [3.8, 4) is 11.1 Å². The molecule has 4 amide bonds. The standard InChI is InChI=1S/C36H30N2O4/c1-21-3-5-22(6-4-21)19-23-7-13-26(14-8-23)27-15-9-24(10-16-27)20-25-11-17-28(18-12-25)38-35(41)31-29-30(32(31)36(38)42)34(40)37(2)33(29)39/h3-18,29-32H,19-20H2,1-2H3. The highest BCUT2D eigenvalue weighted by Crippen LogP contribution is 2.56. The number of hydrogen-bond donors (Lipinski definition) is 0. The van der Waals surface area contributed by atoms with Gasteiger partial charge in [0.2, 0.25) is 23.6 Å². The Kier molecular flexibility index (Phi) is 6.15. The second kappa shape index (κ2) is 9.91. The molecule has 6 nitrogen and oxygen atoms in total. The molecule has 1 saturated carbocycles. The van der Waals surface area contributed by atoms with Crippen LogP contribution >= 0.6 is 0 Å². The molecule has 208 valence electrons. The summed E-state index contributed by atoms with van der Waals surface area (Å²) in [5.41, 5.74) is 8.88. The van der Waals surface area contributed by atoms with Crippen LogP contribution in [0, 0.1) is 30.6 Å². The van der Waals surface area contributed by atoms with Crippen LogP contribution in [0.2, 0.25) is 0 Å². The van der Waals surface area contributed by atoms with Crippen molar-refractivity contribution >= 4 is 29.3 Å². The van der Waals surface area contributed by atoms with E-state index >= 15 is 0 Å². The molecule has 4 atom stereocenters. The van der Waals surface area contributed by atoms with Crippen molar-refractivity contribution in [2.24, 2.45) is 23.7 Å². The lowest BCUT2D eigenvalue weighted by Gasteiger charge is -2.36. The zero-order chi connectivity index (χ0) is 29.1. The van der Waals surface area contributed by atoms with Crippen LogP contribution in [0.15, 0.2) is 97.1 Å². The maximum atomic E-state index is 13.1. The molecule has 42 heavy (non-hydrogen) atoms. The lowest BCUT2D eigenvalue weighted by atomic mass is 9.59. The summed E-state index contributed by atoms with van der Waals surface area (Å²) >= 11 is 0. The van der Waals surface area contributed by atoms with Gasteiger partial charge in [-0.15, -0.1) is 0 Å². The number of fused-ring (bicyclic) bond motifs is 4. The molecule has 4 aromatic carbocycles. The average molecular weight is 555 g/mol. The third-order valence-electron chi connectivity index (χ3n) is 9.16. The SMILES string of the molecule is Cc1ccc(Cc2ccc(-c3ccc(Cc4ccc(N5C(=O)C6C7C(=O)N(C)C(=O)C7C6C5=O)cc4)cc3)cc2)cc1. The number of rotatable bonds is 6. The summed E-state index contributed by atoms with van der Waals surface area (Å²) in [6.07, 6.45) is 1.63. The van der Waals surface area contributed by atoms with Crippen molar-refractivity contribution in [1.29, 1.82) is 0 Å². The zero-order valence-electron chi connectivity index (χ0n) is 23.5. The van der Waals surface area contributed by atoms with Crippen LogP contribution in [-0.2, 0) is 32.0 Å². The first-order valence-electron chi connectivity index (χ1n) is 14.3. The molecule has 0 aromatic heterocycles. The Labute approximate surface area is 244 Å². The van der Waals surface area contributed by atoms with Crippen molar-refractivity contribution < 1.29 is 19.2 Å². The van der Waals surface area contributed by atoms with Crippen molar-refractivity contribution in [2.45, 2.75) is 19.8 Å². The van der Waals surface area contributed by atoms with Gasteiger partial charge in [-0.1, -0.05) is 90.5 Å². The summed E-state index contributed by atoms with van der Waals surface area (Å²) in [6, 6.07) is 33.3. The second-order valence-corrected chi connectivity index (χ2v) is 11.7. The molecule has 3 aliphatic rings. The van der Waals surface area contributed by atoms with Gasteiger partial charge >= 0.3 is 0 Å². The minimum Gasteiger partial charge on any atom is -0.285 e. The van der Waals surface area contributed by atoms with Gasteiger partial charge in [0.1, 0.15) is 0 Å². The van der Waals surface area contributed by atoms with E-state index in [2.05, 4.69) is 79.7 Å². The molecule has 0 bridgehead atoms. The number of carbonyl (C=O) groups excluding carboxylic acids is 4. The molecule has 4 aromatic rings. The van der Waals surface area contributed by atoms with Crippen molar-refractivity contribution in [3.05, 3.63) is 125 Å². The molecular weight excluding hydrogens is 524 g/mol. The highest BCUT2D eigenvalue weighted by atomic mass is 16.2. The molecule has 6 heteroatoms. The molecule has 4 unspecified atom stereocenters. The average Bonchev–Trinajstić information content (AvgIpc) is 3.30. The van der Waals surface area contributed by atoms with E-state index in [1.54, 1.807) is 12.1 Å². The molecule has 0 spiro atoms. The van der Waals surface area contributed by atoms with Gasteiger partial charge in [-0.25, -0.2) is 0 Å². The van der Waals surface area contributed by atoms with E-state index in [4.69, 9.17) is 0 Å². The minimum atomic E-state index is -0.730. The van der Waals surface area contributed by atoms with E-state index in [1.807, 2.05) is 12.1 Å². The molecular formula is C36H30N2O4. The van der Waals surface area contributed by atoms with Crippen LogP contribution in [0.3, 0.4) is 0 Å². The Morgan fingerprint density at radius 2 is 0.810 bits per heavy atom. The summed E-state index contributed by atoms with van der Waals surface area (Å²) in [5.74, 6) is -4.33. The number of likely N-dealkylation sites (tertiary alicyclic amines) is 1. The van der Waals surface area contributed by atoms with Crippen LogP contribution in [0.1, 0.15) is 27.8 Å². The Hall–Kier alpha value is -4.84. The Morgan fingerprint density at radius 3 is 1.21 bits per heavy atom. The van der Waals surface area contributed by atoms with Crippen LogP contribution in [0.5, 0.6) is 0 Å². The fourth-order valence-corrected chi connectivity index (χ4v) is 6.76. The van der Waals surface area contributed by atoms with Crippen molar-refractivity contribution in [1.82, 2.24) is 4.90 Å². The molecule has 2 saturated heterocycles. The number of anilines is 1. The lowest BCUT2D eigenvalue weighted by molar-refractivity contribution is -0.146. The smallest absolute Gasteiger partial charge is 0.238 e. The van der Waals surface area contributed by atoms with E-state index in [0.29, 0.717) is 12.1 Å². The Bertz CT molecular complexity index is 1680. The predicted octanol–water partition coefficient (Wildman–Crippen LogP) is 5.19. The van der Waals surface area contributed by atoms with Gasteiger partial charge in [0.25, 0.3) is 0 Å². The van der Waals surface area contributed by atoms with Gasteiger partial charge in [0, 0.05) is 7.05 Å². The fraction of sp³-hybridized carbons (Fsp3) is 0.222. The highest BCUT2D eigenvalue weighted by molar-refractivity contribution is 6.27. The predicted molar refractivity (Wildman–Crippen MR) is 159 cm³/mol. The number of benzene rings is 4. The molecule has 1 aliphatic carbocycles. The molecule has 7 rings (SSSR count). The fourth-order valence-electron chi connectivity index (χ4n) is 6.76. The summed E-state index contributed by atoms with van der Waals surface area (Å²) in [5, 5.41) is 0. The minimum absolute atomic E-state index is 0.356. The summed E-state index contributed by atoms with van der Waals surface area (Å²) in [7, 11) is 1.42. The molecule has 3 fully saturated rings. The summed E-state index contributed by atoms with van der Waals surface area (Å²) in [6.45, 7) is 2.10. The van der Waals surface area contributed by atoms with Crippen LogP contribution in [0.4, 0.5) is 5.69 Å². The van der Waals surface area contributed by atoms with Gasteiger partial charge in [0.15, 0.2) is 0 Å². The monoisotopic (exact) mass is 554 g/mol. The zero-order valence-corrected chi connectivity index (χ0v) is 23.5. The summed E-state index contributed by atoms with van der Waals surface area (Å²) in [4.78, 5) is 53.4. The number of amides is 4. The first-order chi connectivity index (χ1) is 20.3. The largest absolute Gasteiger partial charge is 0.285 e. The van der Waals surface area contributed by atoms with Gasteiger partial charge in [-0.2, -0.15) is 0 Å². The maximum absolute atomic E-state index is 13.1. The first-order valence-corrected chi connectivity index (χ1v) is 14.3. The van der Waals surface area contributed by atoms with E-state index in [9.17, 15) is 19.2 Å². The quantitative estimate of drug-likeness (QED) is 0.308. The number of carbonyl (C=O) groups is 4.